The maximum atomic E-state index is 6.19. The van der Waals surface area contributed by atoms with Gasteiger partial charge in [-0.05, 0) is 31.6 Å². The molecule has 2 nitrogen and oxygen atoms in total. The lowest BCUT2D eigenvalue weighted by molar-refractivity contribution is 0.324. The van der Waals surface area contributed by atoms with E-state index in [2.05, 4.69) is 27.7 Å². The second-order valence-corrected chi connectivity index (χ2v) is 4.52. The minimum atomic E-state index is 0. The van der Waals surface area contributed by atoms with Crippen molar-refractivity contribution in [3.05, 3.63) is 0 Å². The van der Waals surface area contributed by atoms with Crippen molar-refractivity contribution in [1.82, 2.24) is 0 Å². The van der Waals surface area contributed by atoms with Crippen molar-refractivity contribution in [3.8, 4) is 0 Å². The van der Waals surface area contributed by atoms with Crippen LogP contribution in [0.1, 0.15) is 53.4 Å². The third kappa shape index (κ3) is 8.32. The Labute approximate surface area is 107 Å². The summed E-state index contributed by atoms with van der Waals surface area (Å²) in [7, 11) is 0. The molecule has 0 spiro atoms. The highest BCUT2D eigenvalue weighted by atomic mass is 35.5. The molecule has 0 aliphatic heterocycles. The van der Waals surface area contributed by atoms with Crippen LogP contribution in [0.2, 0.25) is 0 Å². The summed E-state index contributed by atoms with van der Waals surface area (Å²) in [5, 5.41) is 0. The molecule has 0 aromatic carbocycles. The van der Waals surface area contributed by atoms with Crippen molar-refractivity contribution in [2.75, 3.05) is 0 Å². The molecule has 0 aromatic rings. The Balaban J connectivity index is -0.000000720. The van der Waals surface area contributed by atoms with Crippen molar-refractivity contribution in [3.63, 3.8) is 0 Å². The van der Waals surface area contributed by atoms with E-state index in [1.165, 1.54) is 0 Å². The van der Waals surface area contributed by atoms with E-state index in [0.717, 1.165) is 25.7 Å². The maximum absolute atomic E-state index is 6.19. The Morgan fingerprint density at radius 3 is 1.73 bits per heavy atom. The Hall–Kier alpha value is 0.500. The highest BCUT2D eigenvalue weighted by Gasteiger charge is 2.21. The molecule has 4 heteroatoms. The largest absolute Gasteiger partial charge is 0.327 e. The Kier molecular flexibility index (Phi) is 13.5. The number of halogens is 2. The van der Waals surface area contributed by atoms with Crippen molar-refractivity contribution in [2.24, 2.45) is 17.4 Å². The summed E-state index contributed by atoms with van der Waals surface area (Å²) in [6, 6.07) is 0.307. The lowest BCUT2D eigenvalue weighted by atomic mass is 9.85. The number of hydrogen-bond donors (Lipinski definition) is 2. The summed E-state index contributed by atoms with van der Waals surface area (Å²) in [6.07, 6.45) is 4.21. The number of hydrogen-bond acceptors (Lipinski definition) is 2. The first kappa shape index (κ1) is 20.9. The van der Waals surface area contributed by atoms with E-state index < -0.39 is 0 Å². The molecule has 0 bridgehead atoms. The van der Waals surface area contributed by atoms with Gasteiger partial charge in [0.05, 0.1) is 0 Å². The van der Waals surface area contributed by atoms with E-state index in [-0.39, 0.29) is 30.4 Å². The zero-order chi connectivity index (χ0) is 10.5. The Morgan fingerprint density at radius 2 is 1.47 bits per heavy atom. The van der Waals surface area contributed by atoms with Crippen molar-refractivity contribution in [1.29, 1.82) is 0 Å². The van der Waals surface area contributed by atoms with Crippen LogP contribution >= 0.6 is 24.8 Å². The summed E-state index contributed by atoms with van der Waals surface area (Å²) in [4.78, 5) is 0. The molecule has 0 radical (unpaired) electrons. The molecule has 0 rings (SSSR count). The average molecular weight is 259 g/mol. The van der Waals surface area contributed by atoms with E-state index in [9.17, 15) is 0 Å². The van der Waals surface area contributed by atoms with E-state index in [1.807, 2.05) is 0 Å². The molecule has 0 saturated heterocycles. The third-order valence-corrected chi connectivity index (χ3v) is 3.24. The van der Waals surface area contributed by atoms with Crippen molar-refractivity contribution < 1.29 is 0 Å². The zero-order valence-corrected chi connectivity index (χ0v) is 12.1. The molecule has 0 saturated carbocycles. The van der Waals surface area contributed by atoms with Crippen LogP contribution in [0.15, 0.2) is 0 Å². The minimum absolute atomic E-state index is 0. The summed E-state index contributed by atoms with van der Waals surface area (Å²) in [5.41, 5.74) is 12.2. The summed E-state index contributed by atoms with van der Waals surface area (Å²) in [5.74, 6) is 0.568. The first-order chi connectivity index (χ1) is 5.95. The number of rotatable bonds is 6. The molecule has 0 aliphatic carbocycles. The molecule has 0 amide bonds. The first-order valence-electron chi connectivity index (χ1n) is 5.49. The van der Waals surface area contributed by atoms with E-state index >= 15 is 0 Å². The van der Waals surface area contributed by atoms with Gasteiger partial charge in [0.1, 0.15) is 0 Å². The van der Waals surface area contributed by atoms with Crippen molar-refractivity contribution >= 4 is 24.8 Å². The molecule has 0 fully saturated rings. The van der Waals surface area contributed by atoms with Gasteiger partial charge in [-0.1, -0.05) is 27.7 Å². The fourth-order valence-electron chi connectivity index (χ4n) is 1.39. The van der Waals surface area contributed by atoms with Gasteiger partial charge >= 0.3 is 0 Å². The summed E-state index contributed by atoms with van der Waals surface area (Å²) < 4.78 is 0. The summed E-state index contributed by atoms with van der Waals surface area (Å²) >= 11 is 0. The van der Waals surface area contributed by atoms with Crippen LogP contribution < -0.4 is 11.5 Å². The lowest BCUT2D eigenvalue weighted by Crippen LogP contribution is -2.40. The lowest BCUT2D eigenvalue weighted by Gasteiger charge is -2.28. The van der Waals surface area contributed by atoms with Gasteiger partial charge in [0, 0.05) is 11.6 Å². The molecule has 0 aliphatic rings. The number of nitrogens with two attached hydrogens (primary N) is 2. The predicted molar refractivity (Wildman–Crippen MR) is 74.0 cm³/mol. The van der Waals surface area contributed by atoms with Gasteiger partial charge in [-0.3, -0.25) is 0 Å². The molecule has 1 unspecified atom stereocenters. The summed E-state index contributed by atoms with van der Waals surface area (Å²) in [6.45, 7) is 8.65. The highest BCUT2D eigenvalue weighted by Crippen LogP contribution is 2.20. The SMILES string of the molecule is CCC(N)(CC)CCC(N)C(C)C.Cl.Cl. The molecule has 0 heterocycles. The topological polar surface area (TPSA) is 52.0 Å². The Bertz CT molecular complexity index is 137. The quantitative estimate of drug-likeness (QED) is 0.770. The first-order valence-corrected chi connectivity index (χ1v) is 5.49. The van der Waals surface area contributed by atoms with Gasteiger partial charge in [0.25, 0.3) is 0 Å². The van der Waals surface area contributed by atoms with Crippen LogP contribution in [0.5, 0.6) is 0 Å². The fraction of sp³-hybridized carbons (Fsp3) is 1.00. The van der Waals surface area contributed by atoms with Crippen molar-refractivity contribution in [2.45, 2.75) is 65.0 Å². The van der Waals surface area contributed by atoms with Gasteiger partial charge in [-0.25, -0.2) is 0 Å². The van der Waals surface area contributed by atoms with Gasteiger partial charge < -0.3 is 11.5 Å². The van der Waals surface area contributed by atoms with Crippen LogP contribution in [0.3, 0.4) is 0 Å². The normalized spacial score (nSPS) is 13.0. The third-order valence-electron chi connectivity index (χ3n) is 3.24. The Morgan fingerprint density at radius 1 is 1.07 bits per heavy atom. The van der Waals surface area contributed by atoms with Gasteiger partial charge in [-0.15, -0.1) is 24.8 Å². The smallest absolute Gasteiger partial charge is 0.0149 e. The van der Waals surface area contributed by atoms with Crippen LogP contribution in [-0.4, -0.2) is 11.6 Å². The van der Waals surface area contributed by atoms with Crippen LogP contribution in [0.4, 0.5) is 0 Å². The predicted octanol–water partition coefficient (Wildman–Crippen LogP) is 3.11. The maximum Gasteiger partial charge on any atom is 0.0149 e. The molecule has 15 heavy (non-hydrogen) atoms. The van der Waals surface area contributed by atoms with Gasteiger partial charge in [0.2, 0.25) is 0 Å². The fourth-order valence-corrected chi connectivity index (χ4v) is 1.39. The monoisotopic (exact) mass is 258 g/mol. The van der Waals surface area contributed by atoms with Gasteiger partial charge in [-0.2, -0.15) is 0 Å². The van der Waals surface area contributed by atoms with E-state index in [4.69, 9.17) is 11.5 Å². The second-order valence-electron chi connectivity index (χ2n) is 4.52. The molecular weight excluding hydrogens is 231 g/mol. The second kappa shape index (κ2) is 9.71. The standard InChI is InChI=1S/C11H26N2.2ClH/c1-5-11(13,6-2)8-7-10(12)9(3)4;;/h9-10H,5-8,12-13H2,1-4H3;2*1H. The van der Waals surface area contributed by atoms with Crippen LogP contribution in [0, 0.1) is 5.92 Å². The zero-order valence-electron chi connectivity index (χ0n) is 10.5. The molecule has 1 atom stereocenters. The molecule has 4 N–H and O–H groups in total. The molecule has 96 valence electrons. The van der Waals surface area contributed by atoms with E-state index in [1.54, 1.807) is 0 Å². The minimum Gasteiger partial charge on any atom is -0.327 e. The molecular formula is C11H28Cl2N2. The van der Waals surface area contributed by atoms with Gasteiger partial charge in [0.15, 0.2) is 0 Å². The van der Waals surface area contributed by atoms with E-state index in [0.29, 0.717) is 12.0 Å². The van der Waals surface area contributed by atoms with Crippen LogP contribution in [0.25, 0.3) is 0 Å². The molecule has 0 aromatic heterocycles. The average Bonchev–Trinajstić information content (AvgIpc) is 2.13. The van der Waals surface area contributed by atoms with Crippen LogP contribution in [-0.2, 0) is 0 Å². The highest BCUT2D eigenvalue weighted by molar-refractivity contribution is 5.85.